The fourth-order valence-electron chi connectivity index (χ4n) is 3.19. The topological polar surface area (TPSA) is 95.6 Å². The zero-order valence-corrected chi connectivity index (χ0v) is 17.0. The first-order chi connectivity index (χ1) is 13.5. The third-order valence-electron chi connectivity index (χ3n) is 4.63. The zero-order chi connectivity index (χ0) is 20.0. The van der Waals surface area contributed by atoms with E-state index in [2.05, 4.69) is 10.6 Å². The van der Waals surface area contributed by atoms with Crippen molar-refractivity contribution in [2.24, 2.45) is 0 Å². The lowest BCUT2D eigenvalue weighted by Gasteiger charge is -2.23. The average Bonchev–Trinajstić information content (AvgIpc) is 3.39. The van der Waals surface area contributed by atoms with E-state index < -0.39 is 21.8 Å². The molecule has 1 aromatic heterocycles. The first-order valence-electron chi connectivity index (χ1n) is 9.14. The van der Waals surface area contributed by atoms with Crippen molar-refractivity contribution in [3.05, 3.63) is 53.4 Å². The number of carbonyl (C=O) groups excluding carboxylic acids is 2. The molecule has 2 N–H and O–H groups in total. The van der Waals surface area contributed by atoms with Gasteiger partial charge in [-0.2, -0.15) is 4.31 Å². The number of nitrogens with one attached hydrogen (secondary N) is 2. The van der Waals surface area contributed by atoms with E-state index >= 15 is 0 Å². The summed E-state index contributed by atoms with van der Waals surface area (Å²) in [5.41, 5.74) is 1.07. The molecule has 0 aliphatic carbocycles. The highest BCUT2D eigenvalue weighted by Gasteiger charge is 2.36. The van der Waals surface area contributed by atoms with Crippen LogP contribution in [0.1, 0.15) is 18.4 Å². The lowest BCUT2D eigenvalue weighted by Crippen LogP contribution is -2.47. The van der Waals surface area contributed by atoms with Crippen molar-refractivity contribution in [2.75, 3.05) is 19.6 Å². The number of hydrogen-bond donors (Lipinski definition) is 2. The van der Waals surface area contributed by atoms with Crippen molar-refractivity contribution in [3.8, 4) is 0 Å². The summed E-state index contributed by atoms with van der Waals surface area (Å²) in [6.45, 7) is 0.901. The highest BCUT2D eigenvalue weighted by atomic mass is 32.2. The Morgan fingerprint density at radius 3 is 2.54 bits per heavy atom. The van der Waals surface area contributed by atoms with Gasteiger partial charge in [-0.1, -0.05) is 36.4 Å². The van der Waals surface area contributed by atoms with E-state index in [-0.39, 0.29) is 12.6 Å². The average molecular weight is 422 g/mol. The fourth-order valence-corrected chi connectivity index (χ4v) is 6.00. The number of amides is 2. The molecule has 1 aliphatic heterocycles. The number of rotatable bonds is 7. The highest BCUT2D eigenvalue weighted by Crippen LogP contribution is 2.28. The van der Waals surface area contributed by atoms with Gasteiger partial charge in [-0.3, -0.25) is 9.59 Å². The minimum atomic E-state index is -3.56. The Bertz CT molecular complexity index is 899. The van der Waals surface area contributed by atoms with Crippen LogP contribution < -0.4 is 10.6 Å². The molecule has 0 radical (unpaired) electrons. The minimum absolute atomic E-state index is 0.121. The number of sulfonamides is 1. The van der Waals surface area contributed by atoms with Crippen molar-refractivity contribution in [1.29, 1.82) is 0 Å². The molecule has 150 valence electrons. The van der Waals surface area contributed by atoms with E-state index in [0.717, 1.165) is 12.0 Å². The van der Waals surface area contributed by atoms with Crippen LogP contribution in [0.15, 0.2) is 52.1 Å². The molecule has 2 amide bonds. The van der Waals surface area contributed by atoms with E-state index in [4.69, 9.17) is 0 Å². The molecule has 0 unspecified atom stereocenters. The van der Waals surface area contributed by atoms with Gasteiger partial charge in [0.1, 0.15) is 4.21 Å². The van der Waals surface area contributed by atoms with Gasteiger partial charge in [-0.05, 0) is 36.3 Å². The molecule has 7 nitrogen and oxygen atoms in total. The molecule has 1 aliphatic rings. The maximum absolute atomic E-state index is 12.7. The van der Waals surface area contributed by atoms with Crippen molar-refractivity contribution in [1.82, 2.24) is 14.9 Å². The molecule has 0 bridgehead atoms. The number of hydrogen-bond acceptors (Lipinski definition) is 5. The predicted molar refractivity (Wildman–Crippen MR) is 107 cm³/mol. The van der Waals surface area contributed by atoms with E-state index in [9.17, 15) is 18.0 Å². The smallest absolute Gasteiger partial charge is 0.309 e. The van der Waals surface area contributed by atoms with Crippen LogP contribution >= 0.6 is 11.3 Å². The summed E-state index contributed by atoms with van der Waals surface area (Å²) in [7, 11) is -3.56. The van der Waals surface area contributed by atoms with E-state index in [1.807, 2.05) is 30.3 Å². The molecule has 3 rings (SSSR count). The summed E-state index contributed by atoms with van der Waals surface area (Å²) in [6.07, 6.45) is 2.02. The Balaban J connectivity index is 1.47. The number of thiophene rings is 1. The van der Waals surface area contributed by atoms with Crippen LogP contribution in [0.4, 0.5) is 0 Å². The van der Waals surface area contributed by atoms with Gasteiger partial charge >= 0.3 is 11.8 Å². The first-order valence-corrected chi connectivity index (χ1v) is 11.5. The lowest BCUT2D eigenvalue weighted by atomic mass is 10.1. The summed E-state index contributed by atoms with van der Waals surface area (Å²) in [6, 6.07) is 12.6. The molecule has 2 aromatic rings. The third-order valence-corrected chi connectivity index (χ3v) is 7.95. The second kappa shape index (κ2) is 9.31. The van der Waals surface area contributed by atoms with Gasteiger partial charge in [0.15, 0.2) is 0 Å². The molecule has 1 atom stereocenters. The summed E-state index contributed by atoms with van der Waals surface area (Å²) < 4.78 is 27.1. The minimum Gasteiger partial charge on any atom is -0.348 e. The largest absolute Gasteiger partial charge is 0.348 e. The zero-order valence-electron chi connectivity index (χ0n) is 15.3. The van der Waals surface area contributed by atoms with Crippen LogP contribution in [0.3, 0.4) is 0 Å². The molecular weight excluding hydrogens is 398 g/mol. The molecule has 28 heavy (non-hydrogen) atoms. The highest BCUT2D eigenvalue weighted by molar-refractivity contribution is 7.91. The van der Waals surface area contributed by atoms with Gasteiger partial charge in [0.25, 0.3) is 10.0 Å². The van der Waals surface area contributed by atoms with Gasteiger partial charge in [0.05, 0.1) is 0 Å². The molecule has 1 aromatic carbocycles. The Kier molecular flexibility index (Phi) is 6.82. The second-order valence-electron chi connectivity index (χ2n) is 6.55. The van der Waals surface area contributed by atoms with Crippen LogP contribution in [-0.4, -0.2) is 50.2 Å². The van der Waals surface area contributed by atoms with Crippen LogP contribution in [0.2, 0.25) is 0 Å². The van der Waals surface area contributed by atoms with Crippen LogP contribution in [-0.2, 0) is 26.0 Å². The van der Waals surface area contributed by atoms with E-state index in [1.54, 1.807) is 17.5 Å². The number of nitrogens with zero attached hydrogens (tertiary/aromatic N) is 1. The molecule has 9 heteroatoms. The van der Waals surface area contributed by atoms with Crippen molar-refractivity contribution in [3.63, 3.8) is 0 Å². The van der Waals surface area contributed by atoms with Crippen LogP contribution in [0.25, 0.3) is 0 Å². The maximum Gasteiger partial charge on any atom is 0.309 e. The van der Waals surface area contributed by atoms with Crippen LogP contribution in [0.5, 0.6) is 0 Å². The normalized spacial score (nSPS) is 17.4. The SMILES string of the molecule is O=C(NCCc1ccccc1)C(=O)NC[C@@H]1CCCN1S(=O)(=O)c1cccs1. The molecule has 1 fully saturated rings. The van der Waals surface area contributed by atoms with Crippen molar-refractivity contribution < 1.29 is 18.0 Å². The lowest BCUT2D eigenvalue weighted by molar-refractivity contribution is -0.139. The molecular formula is C19H23N3O4S2. The van der Waals surface area contributed by atoms with Gasteiger partial charge in [0.2, 0.25) is 0 Å². The third kappa shape index (κ3) is 4.98. The van der Waals surface area contributed by atoms with Gasteiger partial charge in [0, 0.05) is 25.7 Å². The van der Waals surface area contributed by atoms with Gasteiger partial charge in [-0.25, -0.2) is 8.42 Å². The Morgan fingerprint density at radius 2 is 1.82 bits per heavy atom. The quantitative estimate of drug-likeness (QED) is 0.660. The maximum atomic E-state index is 12.7. The monoisotopic (exact) mass is 421 g/mol. The summed E-state index contributed by atoms with van der Waals surface area (Å²) in [5, 5.41) is 6.88. The van der Waals surface area contributed by atoms with Crippen LogP contribution in [0, 0.1) is 0 Å². The fraction of sp³-hybridized carbons (Fsp3) is 0.368. The molecule has 0 saturated carbocycles. The van der Waals surface area contributed by atoms with Crippen molar-refractivity contribution >= 4 is 33.2 Å². The Morgan fingerprint density at radius 1 is 1.07 bits per heavy atom. The summed E-state index contributed by atoms with van der Waals surface area (Å²) in [4.78, 5) is 24.0. The Labute approximate surface area is 168 Å². The number of benzene rings is 1. The summed E-state index contributed by atoms with van der Waals surface area (Å²) in [5.74, 6) is -1.45. The molecule has 0 spiro atoms. The number of carbonyl (C=O) groups is 2. The van der Waals surface area contributed by atoms with Crippen molar-refractivity contribution in [2.45, 2.75) is 29.5 Å². The molecule has 2 heterocycles. The standard InChI is InChI=1S/C19H23N3O4S2/c23-18(20-11-10-15-6-2-1-3-7-15)19(24)21-14-16-8-4-12-22(16)28(25,26)17-9-5-13-27-17/h1-3,5-7,9,13,16H,4,8,10-12,14H2,(H,20,23)(H,21,24)/t16-/m0/s1. The first kappa shape index (κ1) is 20.5. The Hall–Kier alpha value is -2.23. The second-order valence-corrected chi connectivity index (χ2v) is 9.61. The van der Waals surface area contributed by atoms with Gasteiger partial charge in [-0.15, -0.1) is 11.3 Å². The van der Waals surface area contributed by atoms with E-state index in [1.165, 1.54) is 15.6 Å². The molecule has 1 saturated heterocycles. The van der Waals surface area contributed by atoms with Gasteiger partial charge < -0.3 is 10.6 Å². The summed E-state index contributed by atoms with van der Waals surface area (Å²) >= 11 is 1.17. The predicted octanol–water partition coefficient (Wildman–Crippen LogP) is 1.38. The van der Waals surface area contributed by atoms with E-state index in [0.29, 0.717) is 30.1 Å².